The number of imide groups is 1. The van der Waals surface area contributed by atoms with Crippen molar-refractivity contribution in [2.75, 3.05) is 5.32 Å². The first-order valence-electron chi connectivity index (χ1n) is 7.53. The van der Waals surface area contributed by atoms with Gasteiger partial charge in [-0.15, -0.1) is 0 Å². The molecule has 1 N–H and O–H groups in total. The maximum Gasteiger partial charge on any atom is 0.262 e. The van der Waals surface area contributed by atoms with Crippen molar-refractivity contribution in [1.29, 1.82) is 0 Å². The van der Waals surface area contributed by atoms with Crippen LogP contribution in [0.5, 0.6) is 0 Å². The molecule has 1 aromatic carbocycles. The molecule has 1 aromatic heterocycles. The van der Waals surface area contributed by atoms with Gasteiger partial charge in [0.15, 0.2) is 0 Å². The van der Waals surface area contributed by atoms with Gasteiger partial charge < -0.3 is 5.32 Å². The molecule has 0 spiro atoms. The molecule has 6 nitrogen and oxygen atoms in total. The number of benzene rings is 1. The molecule has 0 saturated carbocycles. The smallest absolute Gasteiger partial charge is 0.262 e. The summed E-state index contributed by atoms with van der Waals surface area (Å²) in [6.45, 7) is 5.39. The second-order valence-corrected chi connectivity index (χ2v) is 6.57. The highest BCUT2D eigenvalue weighted by Crippen LogP contribution is 2.30. The van der Waals surface area contributed by atoms with E-state index in [1.54, 1.807) is 45.2 Å². The molecule has 24 heavy (non-hydrogen) atoms. The Morgan fingerprint density at radius 1 is 1.08 bits per heavy atom. The Morgan fingerprint density at radius 2 is 1.79 bits per heavy atom. The van der Waals surface area contributed by atoms with E-state index >= 15 is 0 Å². The number of nitrogens with zero attached hydrogens (tertiary/aromatic N) is 2. The van der Waals surface area contributed by atoms with Crippen LogP contribution in [0.3, 0.4) is 0 Å². The summed E-state index contributed by atoms with van der Waals surface area (Å²) in [4.78, 5) is 42.5. The van der Waals surface area contributed by atoms with E-state index in [2.05, 4.69) is 10.3 Å². The van der Waals surface area contributed by atoms with E-state index in [4.69, 9.17) is 0 Å². The standard InChI is InChI=1S/C18H17N3O3/c1-18(2,3)21-16(23)13-7-6-11(9-14(13)17(21)24)15(22)20-12-5-4-8-19-10-12/h4-10H,1-3H3,(H,20,22). The molecule has 0 fully saturated rings. The van der Waals surface area contributed by atoms with E-state index in [1.165, 1.54) is 23.2 Å². The van der Waals surface area contributed by atoms with Crippen molar-refractivity contribution in [3.8, 4) is 0 Å². The highest BCUT2D eigenvalue weighted by Gasteiger charge is 2.42. The first-order chi connectivity index (χ1) is 11.3. The Hall–Kier alpha value is -3.02. The normalized spacial score (nSPS) is 13.9. The van der Waals surface area contributed by atoms with Gasteiger partial charge in [-0.3, -0.25) is 24.3 Å². The molecule has 3 rings (SSSR count). The lowest BCUT2D eigenvalue weighted by atomic mass is 10.1. The van der Waals surface area contributed by atoms with Gasteiger partial charge in [0.05, 0.1) is 23.0 Å². The Kier molecular flexibility index (Phi) is 3.67. The number of fused-ring (bicyclic) bond motifs is 1. The fraction of sp³-hybridized carbons (Fsp3) is 0.222. The van der Waals surface area contributed by atoms with Crippen molar-refractivity contribution in [3.05, 3.63) is 59.4 Å². The summed E-state index contributed by atoms with van der Waals surface area (Å²) >= 11 is 0. The van der Waals surface area contributed by atoms with Gasteiger partial charge in [0.2, 0.25) is 0 Å². The lowest BCUT2D eigenvalue weighted by Gasteiger charge is -2.29. The number of hydrogen-bond acceptors (Lipinski definition) is 4. The summed E-state index contributed by atoms with van der Waals surface area (Å²) in [7, 11) is 0. The van der Waals surface area contributed by atoms with Gasteiger partial charge in [0.25, 0.3) is 17.7 Å². The third-order valence-corrected chi connectivity index (χ3v) is 3.74. The molecule has 1 aliphatic heterocycles. The molecule has 1 aliphatic rings. The fourth-order valence-corrected chi connectivity index (χ4v) is 2.63. The van der Waals surface area contributed by atoms with E-state index in [1.807, 2.05) is 0 Å². The van der Waals surface area contributed by atoms with Gasteiger partial charge in [-0.2, -0.15) is 0 Å². The van der Waals surface area contributed by atoms with Crippen molar-refractivity contribution >= 4 is 23.4 Å². The van der Waals surface area contributed by atoms with Crippen molar-refractivity contribution in [3.63, 3.8) is 0 Å². The van der Waals surface area contributed by atoms with Gasteiger partial charge in [-0.05, 0) is 51.1 Å². The Morgan fingerprint density at radius 3 is 2.42 bits per heavy atom. The molecule has 0 unspecified atom stereocenters. The SMILES string of the molecule is CC(C)(C)N1C(=O)c2ccc(C(=O)Nc3cccnc3)cc2C1=O. The molecule has 0 aliphatic carbocycles. The highest BCUT2D eigenvalue weighted by atomic mass is 16.2. The first-order valence-corrected chi connectivity index (χ1v) is 7.53. The third-order valence-electron chi connectivity index (χ3n) is 3.74. The predicted molar refractivity (Wildman–Crippen MR) is 88.9 cm³/mol. The quantitative estimate of drug-likeness (QED) is 0.862. The zero-order chi connectivity index (χ0) is 17.5. The molecule has 0 saturated heterocycles. The Balaban J connectivity index is 1.91. The van der Waals surface area contributed by atoms with Gasteiger partial charge >= 0.3 is 0 Å². The molecule has 6 heteroatoms. The highest BCUT2D eigenvalue weighted by molar-refractivity contribution is 6.22. The summed E-state index contributed by atoms with van der Waals surface area (Å²) in [5.41, 5.74) is 0.837. The molecule has 0 radical (unpaired) electrons. The number of anilines is 1. The van der Waals surface area contributed by atoms with Crippen LogP contribution in [-0.2, 0) is 0 Å². The van der Waals surface area contributed by atoms with Crippen LogP contribution in [0.25, 0.3) is 0 Å². The molecular formula is C18H17N3O3. The molecule has 2 heterocycles. The van der Waals surface area contributed by atoms with Gasteiger partial charge in [0, 0.05) is 17.3 Å². The minimum atomic E-state index is -0.620. The summed E-state index contributed by atoms with van der Waals surface area (Å²) in [6, 6.07) is 7.96. The maximum absolute atomic E-state index is 12.6. The number of hydrogen-bond donors (Lipinski definition) is 1. The van der Waals surface area contributed by atoms with Crippen LogP contribution < -0.4 is 5.32 Å². The van der Waals surface area contributed by atoms with E-state index < -0.39 is 5.54 Å². The van der Waals surface area contributed by atoms with E-state index in [-0.39, 0.29) is 23.3 Å². The fourth-order valence-electron chi connectivity index (χ4n) is 2.63. The Bertz CT molecular complexity index is 838. The van der Waals surface area contributed by atoms with Gasteiger partial charge in [-0.1, -0.05) is 0 Å². The van der Waals surface area contributed by atoms with Crippen molar-refractivity contribution in [1.82, 2.24) is 9.88 Å². The van der Waals surface area contributed by atoms with Gasteiger partial charge in [-0.25, -0.2) is 0 Å². The van der Waals surface area contributed by atoms with E-state index in [0.717, 1.165) is 0 Å². The van der Waals surface area contributed by atoms with Crippen LogP contribution in [-0.4, -0.2) is 33.1 Å². The summed E-state index contributed by atoms with van der Waals surface area (Å²) in [5.74, 6) is -1.07. The van der Waals surface area contributed by atoms with Crippen LogP contribution in [0.15, 0.2) is 42.7 Å². The zero-order valence-corrected chi connectivity index (χ0v) is 13.7. The second-order valence-electron chi connectivity index (χ2n) is 6.57. The minimum Gasteiger partial charge on any atom is -0.321 e. The molecule has 3 amide bonds. The summed E-state index contributed by atoms with van der Waals surface area (Å²) in [5, 5.41) is 2.71. The lowest BCUT2D eigenvalue weighted by molar-refractivity contribution is 0.0507. The second kappa shape index (κ2) is 5.56. The summed E-state index contributed by atoms with van der Waals surface area (Å²) < 4.78 is 0. The largest absolute Gasteiger partial charge is 0.321 e. The van der Waals surface area contributed by atoms with E-state index in [0.29, 0.717) is 16.8 Å². The van der Waals surface area contributed by atoms with Crippen LogP contribution >= 0.6 is 0 Å². The predicted octanol–water partition coefficient (Wildman–Crippen LogP) is 2.73. The number of rotatable bonds is 2. The summed E-state index contributed by atoms with van der Waals surface area (Å²) in [6.07, 6.45) is 3.14. The number of nitrogens with one attached hydrogen (secondary N) is 1. The molecule has 122 valence electrons. The van der Waals surface area contributed by atoms with Crippen LogP contribution in [0.4, 0.5) is 5.69 Å². The number of aromatic nitrogens is 1. The van der Waals surface area contributed by atoms with Crippen molar-refractivity contribution in [2.45, 2.75) is 26.3 Å². The van der Waals surface area contributed by atoms with E-state index in [9.17, 15) is 14.4 Å². The monoisotopic (exact) mass is 323 g/mol. The topological polar surface area (TPSA) is 79.4 Å². The van der Waals surface area contributed by atoms with Gasteiger partial charge in [0.1, 0.15) is 0 Å². The molecule has 2 aromatic rings. The minimum absolute atomic E-state index is 0.258. The average molecular weight is 323 g/mol. The van der Waals surface area contributed by atoms with Crippen molar-refractivity contribution < 1.29 is 14.4 Å². The number of amides is 3. The third kappa shape index (κ3) is 2.67. The molecule has 0 bridgehead atoms. The zero-order valence-electron chi connectivity index (χ0n) is 13.7. The number of carbonyl (C=O) groups is 3. The maximum atomic E-state index is 12.6. The Labute approximate surface area is 139 Å². The number of pyridine rings is 1. The number of carbonyl (C=O) groups excluding carboxylic acids is 3. The average Bonchev–Trinajstić information content (AvgIpc) is 2.79. The van der Waals surface area contributed by atoms with Crippen LogP contribution in [0, 0.1) is 0 Å². The first kappa shape index (κ1) is 15.9. The van der Waals surface area contributed by atoms with Crippen LogP contribution in [0.2, 0.25) is 0 Å². The molecule has 0 atom stereocenters. The molecular weight excluding hydrogens is 306 g/mol. The van der Waals surface area contributed by atoms with Crippen molar-refractivity contribution in [2.24, 2.45) is 0 Å². The lowest BCUT2D eigenvalue weighted by Crippen LogP contribution is -2.45. The van der Waals surface area contributed by atoms with Crippen LogP contribution in [0.1, 0.15) is 51.8 Å².